The zero-order valence-corrected chi connectivity index (χ0v) is 15.8. The van der Waals surface area contributed by atoms with Gasteiger partial charge in [-0.2, -0.15) is 5.10 Å². The molecule has 1 amide bonds. The molecule has 5 rings (SSSR count). The van der Waals surface area contributed by atoms with Gasteiger partial charge in [-0.3, -0.25) is 9.48 Å². The molecule has 2 aliphatic rings. The average molecular weight is 381 g/mol. The number of carbonyl (C=O) groups excluding carboxylic acids is 1. The molecular formula is C19H23N7O2. The minimum Gasteiger partial charge on any atom is -0.361 e. The van der Waals surface area contributed by atoms with Crippen molar-refractivity contribution >= 4 is 5.91 Å². The fourth-order valence-corrected chi connectivity index (χ4v) is 3.86. The van der Waals surface area contributed by atoms with Gasteiger partial charge in [0, 0.05) is 42.9 Å². The van der Waals surface area contributed by atoms with Crippen LogP contribution in [-0.4, -0.2) is 41.7 Å². The number of amides is 1. The molecule has 1 N–H and O–H groups in total. The summed E-state index contributed by atoms with van der Waals surface area (Å²) in [5.74, 6) is 3.19. The lowest BCUT2D eigenvalue weighted by Crippen LogP contribution is -2.36. The molecule has 0 aromatic carbocycles. The Morgan fingerprint density at radius 3 is 2.96 bits per heavy atom. The third kappa shape index (κ3) is 3.21. The Labute approximate surface area is 162 Å². The lowest BCUT2D eigenvalue weighted by molar-refractivity contribution is 0.0922. The largest absolute Gasteiger partial charge is 0.361 e. The van der Waals surface area contributed by atoms with E-state index in [1.165, 1.54) is 12.8 Å². The Balaban J connectivity index is 1.27. The number of hydrogen-bond acceptors (Lipinski definition) is 6. The molecule has 0 radical (unpaired) electrons. The molecule has 1 aliphatic carbocycles. The lowest BCUT2D eigenvalue weighted by Gasteiger charge is -2.15. The Hall–Kier alpha value is -2.97. The number of nitrogens with zero attached hydrogens (tertiary/aromatic N) is 6. The van der Waals surface area contributed by atoms with Crippen LogP contribution in [0, 0.1) is 6.92 Å². The molecule has 4 heterocycles. The molecule has 1 fully saturated rings. The summed E-state index contributed by atoms with van der Waals surface area (Å²) in [6.45, 7) is 3.12. The van der Waals surface area contributed by atoms with Gasteiger partial charge in [0.25, 0.3) is 5.91 Å². The van der Waals surface area contributed by atoms with Gasteiger partial charge in [-0.15, -0.1) is 10.2 Å². The van der Waals surface area contributed by atoms with Crippen molar-refractivity contribution in [3.63, 3.8) is 0 Å². The van der Waals surface area contributed by atoms with Crippen LogP contribution in [0.15, 0.2) is 23.0 Å². The zero-order valence-electron chi connectivity index (χ0n) is 15.8. The summed E-state index contributed by atoms with van der Waals surface area (Å²) < 4.78 is 9.31. The summed E-state index contributed by atoms with van der Waals surface area (Å²) in [6.07, 6.45) is 8.52. The topological polar surface area (TPSA) is 104 Å². The number of fused-ring (bicyclic) bond motifs is 1. The van der Waals surface area contributed by atoms with E-state index in [9.17, 15) is 4.79 Å². The summed E-state index contributed by atoms with van der Waals surface area (Å²) in [4.78, 5) is 12.9. The van der Waals surface area contributed by atoms with E-state index in [-0.39, 0.29) is 11.9 Å². The van der Waals surface area contributed by atoms with Crippen LogP contribution in [0.5, 0.6) is 0 Å². The van der Waals surface area contributed by atoms with Crippen LogP contribution in [-0.2, 0) is 19.5 Å². The monoisotopic (exact) mass is 381 g/mol. The fraction of sp³-hybridized carbons (Fsp3) is 0.526. The van der Waals surface area contributed by atoms with Crippen LogP contribution in [0.25, 0.3) is 0 Å². The highest BCUT2D eigenvalue weighted by atomic mass is 16.5. The Morgan fingerprint density at radius 2 is 2.18 bits per heavy atom. The molecule has 1 atom stereocenters. The van der Waals surface area contributed by atoms with Crippen LogP contribution < -0.4 is 5.32 Å². The molecule has 0 bridgehead atoms. The number of aryl methyl sites for hydroxylation is 2. The highest BCUT2D eigenvalue weighted by Crippen LogP contribution is 2.39. The molecule has 0 spiro atoms. The predicted molar refractivity (Wildman–Crippen MR) is 98.8 cm³/mol. The summed E-state index contributed by atoms with van der Waals surface area (Å²) in [7, 11) is 0. The van der Waals surface area contributed by atoms with Crippen molar-refractivity contribution in [3.05, 3.63) is 47.1 Å². The molecule has 9 heteroatoms. The number of aromatic nitrogens is 6. The molecule has 1 aliphatic heterocycles. The number of rotatable bonds is 5. The normalized spacial score (nSPS) is 19.2. The van der Waals surface area contributed by atoms with E-state index in [2.05, 4.69) is 30.3 Å². The van der Waals surface area contributed by atoms with Crippen LogP contribution in [0.2, 0.25) is 0 Å². The van der Waals surface area contributed by atoms with Crippen LogP contribution in [0.3, 0.4) is 0 Å². The maximum Gasteiger partial charge on any atom is 0.274 e. The number of carbonyl (C=O) groups is 1. The van der Waals surface area contributed by atoms with E-state index < -0.39 is 0 Å². The first-order valence-corrected chi connectivity index (χ1v) is 9.84. The van der Waals surface area contributed by atoms with Crippen LogP contribution in [0.1, 0.15) is 65.1 Å². The van der Waals surface area contributed by atoms with Gasteiger partial charge in [0.1, 0.15) is 17.4 Å². The van der Waals surface area contributed by atoms with E-state index in [0.29, 0.717) is 23.9 Å². The Kier molecular flexibility index (Phi) is 4.22. The van der Waals surface area contributed by atoms with E-state index >= 15 is 0 Å². The van der Waals surface area contributed by atoms with Crippen molar-refractivity contribution in [1.82, 2.24) is 35.0 Å². The molecule has 0 saturated heterocycles. The number of hydrogen-bond donors (Lipinski definition) is 1. The van der Waals surface area contributed by atoms with Crippen molar-refractivity contribution in [3.8, 4) is 0 Å². The maximum absolute atomic E-state index is 12.9. The second-order valence-corrected chi connectivity index (χ2v) is 7.67. The van der Waals surface area contributed by atoms with Gasteiger partial charge >= 0.3 is 0 Å². The van der Waals surface area contributed by atoms with Gasteiger partial charge in [0.15, 0.2) is 5.69 Å². The van der Waals surface area contributed by atoms with Gasteiger partial charge in [-0.1, -0.05) is 5.16 Å². The van der Waals surface area contributed by atoms with Crippen molar-refractivity contribution < 1.29 is 9.32 Å². The van der Waals surface area contributed by atoms with Gasteiger partial charge in [-0.05, 0) is 38.7 Å². The van der Waals surface area contributed by atoms with Gasteiger partial charge in [-0.25, -0.2) is 0 Å². The minimum absolute atomic E-state index is 0.0795. The maximum atomic E-state index is 12.9. The summed E-state index contributed by atoms with van der Waals surface area (Å²) in [6, 6.07) is 1.93. The quantitative estimate of drug-likeness (QED) is 0.723. The summed E-state index contributed by atoms with van der Waals surface area (Å²) >= 11 is 0. The Bertz CT molecular complexity index is 984. The number of nitrogens with one attached hydrogen (secondary N) is 1. The minimum atomic E-state index is -0.191. The first-order chi connectivity index (χ1) is 13.7. The fourth-order valence-electron chi connectivity index (χ4n) is 3.86. The van der Waals surface area contributed by atoms with Gasteiger partial charge < -0.3 is 14.4 Å². The zero-order chi connectivity index (χ0) is 19.1. The SMILES string of the molecule is Cc1onc(C(=O)NC2CCc3nnc(C4CC4)n3CC2)c1Cn1cccn1. The molecule has 3 aromatic heterocycles. The molecular weight excluding hydrogens is 358 g/mol. The Morgan fingerprint density at radius 1 is 1.29 bits per heavy atom. The molecule has 1 saturated carbocycles. The van der Waals surface area contributed by atoms with E-state index in [4.69, 9.17) is 4.52 Å². The summed E-state index contributed by atoms with van der Waals surface area (Å²) in [5, 5.41) is 20.1. The van der Waals surface area contributed by atoms with Crippen LogP contribution in [0.4, 0.5) is 0 Å². The van der Waals surface area contributed by atoms with Crippen LogP contribution >= 0.6 is 0 Å². The van der Waals surface area contributed by atoms with Gasteiger partial charge in [0.2, 0.25) is 0 Å². The van der Waals surface area contributed by atoms with E-state index in [0.717, 1.165) is 43.0 Å². The van der Waals surface area contributed by atoms with E-state index in [1.54, 1.807) is 10.9 Å². The van der Waals surface area contributed by atoms with Crippen molar-refractivity contribution in [2.75, 3.05) is 0 Å². The first kappa shape index (κ1) is 17.2. The predicted octanol–water partition coefficient (Wildman–Crippen LogP) is 1.83. The second kappa shape index (κ2) is 6.88. The molecule has 1 unspecified atom stereocenters. The highest BCUT2D eigenvalue weighted by Gasteiger charge is 2.32. The third-order valence-electron chi connectivity index (χ3n) is 5.63. The second-order valence-electron chi connectivity index (χ2n) is 7.67. The molecule has 28 heavy (non-hydrogen) atoms. The lowest BCUT2D eigenvalue weighted by atomic mass is 10.1. The van der Waals surface area contributed by atoms with E-state index in [1.807, 2.05) is 19.2 Å². The standard InChI is InChI=1S/C19H23N7O2/c1-12-15(11-25-9-2-8-20-25)17(24-28-12)19(27)21-14-5-6-16-22-23-18(13-3-4-13)26(16)10-7-14/h2,8-9,13-14H,3-7,10-11H2,1H3,(H,21,27). The van der Waals surface area contributed by atoms with Crippen molar-refractivity contribution in [2.24, 2.45) is 0 Å². The average Bonchev–Trinajstić information content (AvgIpc) is 3.14. The molecule has 3 aromatic rings. The third-order valence-corrected chi connectivity index (χ3v) is 5.63. The summed E-state index contributed by atoms with van der Waals surface area (Å²) in [5.41, 5.74) is 1.11. The van der Waals surface area contributed by atoms with Crippen molar-refractivity contribution in [1.29, 1.82) is 0 Å². The molecule has 146 valence electrons. The van der Waals surface area contributed by atoms with Crippen molar-refractivity contribution in [2.45, 2.75) is 64.1 Å². The smallest absolute Gasteiger partial charge is 0.274 e. The highest BCUT2D eigenvalue weighted by molar-refractivity contribution is 5.94. The van der Waals surface area contributed by atoms with Gasteiger partial charge in [0.05, 0.1) is 6.54 Å². The molecule has 9 nitrogen and oxygen atoms in total. The first-order valence-electron chi connectivity index (χ1n) is 9.84.